The average Bonchev–Trinajstić information content (AvgIpc) is 3.15. The highest BCUT2D eigenvalue weighted by Gasteiger charge is 2.33. The number of rotatable bonds is 8. The Morgan fingerprint density at radius 3 is 2.50 bits per heavy atom. The molecule has 0 spiro atoms. The maximum atomic E-state index is 12.9. The number of anilines is 1. The second kappa shape index (κ2) is 9.80. The number of nitrogens with zero attached hydrogens (tertiary/aromatic N) is 1. The van der Waals surface area contributed by atoms with E-state index in [1.54, 1.807) is 18.2 Å². The highest BCUT2D eigenvalue weighted by molar-refractivity contribution is 8.00. The Morgan fingerprint density at radius 1 is 1.06 bits per heavy atom. The van der Waals surface area contributed by atoms with Crippen LogP contribution in [0.3, 0.4) is 0 Å². The normalized spacial score (nSPS) is 13.1. The van der Waals surface area contributed by atoms with Gasteiger partial charge in [-0.25, -0.2) is 0 Å². The molecule has 0 fully saturated rings. The minimum Gasteiger partial charge on any atom is -0.493 e. The van der Waals surface area contributed by atoms with Crippen LogP contribution < -0.4 is 9.64 Å². The van der Waals surface area contributed by atoms with Crippen LogP contribution in [0.25, 0.3) is 0 Å². The Kier molecular flexibility index (Phi) is 6.83. The fraction of sp³-hybridized carbons (Fsp3) is 0.200. The van der Waals surface area contributed by atoms with Gasteiger partial charge in [0.05, 0.1) is 24.5 Å². The Balaban J connectivity index is 1.42. The number of fused-ring (bicyclic) bond motifs is 1. The third kappa shape index (κ3) is 5.36. The summed E-state index contributed by atoms with van der Waals surface area (Å²) in [6.45, 7) is 0.551. The number of carbonyl (C=O) groups is 2. The van der Waals surface area contributed by atoms with Gasteiger partial charge in [0, 0.05) is 28.1 Å². The van der Waals surface area contributed by atoms with Crippen LogP contribution in [0.4, 0.5) is 18.9 Å². The summed E-state index contributed by atoms with van der Waals surface area (Å²) >= 11 is 1.24. The third-order valence-electron chi connectivity index (χ3n) is 5.34. The van der Waals surface area contributed by atoms with E-state index in [1.165, 1.54) is 28.8 Å². The largest absolute Gasteiger partial charge is 0.493 e. The molecular formula is C25H20F3NO4S. The number of ether oxygens (including phenoxy) is 1. The second-order valence-corrected chi connectivity index (χ2v) is 8.70. The monoisotopic (exact) mass is 487 g/mol. The van der Waals surface area contributed by atoms with Crippen molar-refractivity contribution in [3.8, 4) is 5.75 Å². The van der Waals surface area contributed by atoms with Gasteiger partial charge in [0.25, 0.3) is 5.91 Å². The van der Waals surface area contributed by atoms with Crippen molar-refractivity contribution in [3.05, 3.63) is 89.0 Å². The number of halogens is 3. The molecule has 3 aromatic rings. The fourth-order valence-corrected chi connectivity index (χ4v) is 4.39. The molecule has 1 heterocycles. The smallest absolute Gasteiger partial charge is 0.416 e. The summed E-state index contributed by atoms with van der Waals surface area (Å²) in [6, 6.07) is 17.2. The molecule has 0 radical (unpaired) electrons. The molecule has 0 atom stereocenters. The molecule has 1 amide bonds. The first-order valence-corrected chi connectivity index (χ1v) is 11.4. The number of alkyl halides is 3. The van der Waals surface area contributed by atoms with Crippen LogP contribution in [0.5, 0.6) is 5.75 Å². The number of carboxylic acid groups (broad SMARTS) is 1. The van der Waals surface area contributed by atoms with Crippen LogP contribution in [0.2, 0.25) is 0 Å². The molecule has 0 bridgehead atoms. The molecule has 0 unspecified atom stereocenters. The lowest BCUT2D eigenvalue weighted by Gasteiger charge is -2.17. The van der Waals surface area contributed by atoms with Crippen molar-refractivity contribution in [1.29, 1.82) is 0 Å². The van der Waals surface area contributed by atoms with E-state index in [0.717, 1.165) is 22.6 Å². The molecule has 0 saturated heterocycles. The van der Waals surface area contributed by atoms with E-state index >= 15 is 0 Å². The van der Waals surface area contributed by atoms with Gasteiger partial charge in [0.1, 0.15) is 5.75 Å². The van der Waals surface area contributed by atoms with Crippen LogP contribution in [0.15, 0.2) is 71.6 Å². The van der Waals surface area contributed by atoms with Gasteiger partial charge in [0.15, 0.2) is 0 Å². The zero-order chi connectivity index (χ0) is 24.3. The summed E-state index contributed by atoms with van der Waals surface area (Å²) in [6.07, 6.45) is -3.85. The van der Waals surface area contributed by atoms with Gasteiger partial charge >= 0.3 is 12.1 Å². The van der Waals surface area contributed by atoms with Crippen molar-refractivity contribution >= 4 is 29.3 Å². The minimum absolute atomic E-state index is 0.0143. The van der Waals surface area contributed by atoms with Crippen molar-refractivity contribution in [2.24, 2.45) is 0 Å². The first-order valence-electron chi connectivity index (χ1n) is 10.4. The van der Waals surface area contributed by atoms with E-state index in [1.807, 2.05) is 24.3 Å². The summed E-state index contributed by atoms with van der Waals surface area (Å²) < 4.78 is 44.5. The fourth-order valence-electron chi connectivity index (χ4n) is 3.69. The molecule has 3 aromatic carbocycles. The Bertz CT molecular complexity index is 1210. The zero-order valence-electron chi connectivity index (χ0n) is 17.8. The molecular weight excluding hydrogens is 467 g/mol. The van der Waals surface area contributed by atoms with Crippen LogP contribution in [0, 0.1) is 0 Å². The molecule has 1 aliphatic heterocycles. The number of benzene rings is 3. The van der Waals surface area contributed by atoms with E-state index < -0.39 is 17.7 Å². The van der Waals surface area contributed by atoms with Gasteiger partial charge in [-0.1, -0.05) is 18.2 Å². The maximum absolute atomic E-state index is 12.9. The zero-order valence-corrected chi connectivity index (χ0v) is 18.7. The first kappa shape index (κ1) is 23.7. The molecule has 1 N–H and O–H groups in total. The molecule has 9 heteroatoms. The molecule has 4 rings (SSSR count). The SMILES string of the molecule is O=C(O)CSc1cccc(CCOc2cccc3c2CN(c2ccc(C(F)(F)F)cc2)C3=O)c1. The van der Waals surface area contributed by atoms with E-state index in [4.69, 9.17) is 9.84 Å². The van der Waals surface area contributed by atoms with Crippen molar-refractivity contribution in [2.75, 3.05) is 17.3 Å². The first-order chi connectivity index (χ1) is 16.2. The summed E-state index contributed by atoms with van der Waals surface area (Å²) in [7, 11) is 0. The number of carbonyl (C=O) groups excluding carboxylic acids is 1. The maximum Gasteiger partial charge on any atom is 0.416 e. The van der Waals surface area contributed by atoms with Gasteiger partial charge in [-0.15, -0.1) is 11.8 Å². The number of hydrogen-bond acceptors (Lipinski definition) is 4. The average molecular weight is 487 g/mol. The summed E-state index contributed by atoms with van der Waals surface area (Å²) in [5.41, 5.74) is 1.76. The van der Waals surface area contributed by atoms with Crippen LogP contribution in [-0.2, 0) is 23.9 Å². The molecule has 0 aromatic heterocycles. The number of amides is 1. The lowest BCUT2D eigenvalue weighted by Crippen LogP contribution is -2.23. The summed E-state index contributed by atoms with van der Waals surface area (Å²) in [5, 5.41) is 8.83. The van der Waals surface area contributed by atoms with E-state index in [-0.39, 0.29) is 18.2 Å². The molecule has 176 valence electrons. The predicted octanol–water partition coefficient (Wildman–Crippen LogP) is 5.66. The van der Waals surface area contributed by atoms with E-state index in [2.05, 4.69) is 0 Å². The Hall–Kier alpha value is -3.46. The minimum atomic E-state index is -4.44. The van der Waals surface area contributed by atoms with Crippen LogP contribution >= 0.6 is 11.8 Å². The van der Waals surface area contributed by atoms with Gasteiger partial charge in [0.2, 0.25) is 0 Å². The third-order valence-corrected chi connectivity index (χ3v) is 6.32. The topological polar surface area (TPSA) is 66.8 Å². The Morgan fingerprint density at radius 2 is 1.79 bits per heavy atom. The number of aliphatic carboxylic acids is 1. The van der Waals surface area contributed by atoms with E-state index in [0.29, 0.717) is 35.6 Å². The van der Waals surface area contributed by atoms with Crippen LogP contribution in [-0.4, -0.2) is 29.3 Å². The molecule has 34 heavy (non-hydrogen) atoms. The highest BCUT2D eigenvalue weighted by atomic mass is 32.2. The van der Waals surface area contributed by atoms with E-state index in [9.17, 15) is 22.8 Å². The van der Waals surface area contributed by atoms with Gasteiger partial charge in [-0.2, -0.15) is 13.2 Å². The molecule has 5 nitrogen and oxygen atoms in total. The number of thioether (sulfide) groups is 1. The van der Waals surface area contributed by atoms with Gasteiger partial charge in [-0.3, -0.25) is 9.59 Å². The quantitative estimate of drug-likeness (QED) is 0.415. The standard InChI is InChI=1S/C25H20F3NO4S/c26-25(27,28)17-7-9-18(10-8-17)29-14-21-20(24(29)32)5-2-6-22(21)33-12-11-16-3-1-4-19(13-16)34-15-23(30)31/h1-10,13H,11-12,14-15H2,(H,30,31). The second-order valence-electron chi connectivity index (χ2n) is 7.65. The lowest BCUT2D eigenvalue weighted by atomic mass is 10.1. The van der Waals surface area contributed by atoms with Crippen molar-refractivity contribution in [2.45, 2.75) is 24.0 Å². The molecule has 0 saturated carbocycles. The molecule has 1 aliphatic rings. The van der Waals surface area contributed by atoms with Gasteiger partial charge in [-0.05, 0) is 54.1 Å². The van der Waals surface area contributed by atoms with Gasteiger partial charge < -0.3 is 14.7 Å². The summed E-state index contributed by atoms with van der Waals surface area (Å²) in [5.74, 6) is -0.629. The summed E-state index contributed by atoms with van der Waals surface area (Å²) in [4.78, 5) is 25.9. The Labute approximate surface area is 198 Å². The lowest BCUT2D eigenvalue weighted by molar-refractivity contribution is -0.137. The van der Waals surface area contributed by atoms with Crippen LogP contribution in [0.1, 0.15) is 27.0 Å². The molecule has 0 aliphatic carbocycles. The highest BCUT2D eigenvalue weighted by Crippen LogP contribution is 2.36. The van der Waals surface area contributed by atoms with Crippen molar-refractivity contribution in [1.82, 2.24) is 0 Å². The number of hydrogen-bond donors (Lipinski definition) is 1. The predicted molar refractivity (Wildman–Crippen MR) is 122 cm³/mol. The van der Waals surface area contributed by atoms with Crippen molar-refractivity contribution in [3.63, 3.8) is 0 Å². The van der Waals surface area contributed by atoms with Crippen molar-refractivity contribution < 1.29 is 32.6 Å². The number of carboxylic acids is 1.